The lowest BCUT2D eigenvalue weighted by atomic mass is 9.86. The number of pyridine rings is 1. The van der Waals surface area contributed by atoms with Gasteiger partial charge in [-0.15, -0.1) is 0 Å². The maximum absolute atomic E-state index is 4.83. The summed E-state index contributed by atoms with van der Waals surface area (Å²) in [5.74, 6) is 2.07. The van der Waals surface area contributed by atoms with Crippen LogP contribution in [0.3, 0.4) is 0 Å². The second-order valence-corrected chi connectivity index (χ2v) is 6.44. The van der Waals surface area contributed by atoms with Gasteiger partial charge in [-0.05, 0) is 64.1 Å². The Hall–Kier alpha value is -1.09. The van der Waals surface area contributed by atoms with Crippen LogP contribution in [0.4, 0.5) is 5.82 Å². The Morgan fingerprint density at radius 2 is 1.90 bits per heavy atom. The Labute approximate surface area is 123 Å². The van der Waals surface area contributed by atoms with Crippen molar-refractivity contribution in [3.8, 4) is 0 Å². The molecular weight excluding hydrogens is 246 g/mol. The van der Waals surface area contributed by atoms with Gasteiger partial charge in [0, 0.05) is 30.9 Å². The molecule has 1 fully saturated rings. The number of aryl methyl sites for hydroxylation is 2. The van der Waals surface area contributed by atoms with Crippen LogP contribution in [0.1, 0.15) is 49.4 Å². The fraction of sp³-hybridized carbons (Fsp3) is 0.706. The molecule has 0 aromatic carbocycles. The number of aromatic nitrogens is 1. The smallest absolute Gasteiger partial charge is 0.133 e. The fourth-order valence-electron chi connectivity index (χ4n) is 3.33. The van der Waals surface area contributed by atoms with Crippen molar-refractivity contribution in [1.29, 1.82) is 0 Å². The minimum absolute atomic E-state index is 0.649. The average molecular weight is 275 g/mol. The largest absolute Gasteiger partial charge is 0.356 e. The van der Waals surface area contributed by atoms with Gasteiger partial charge in [0.05, 0.1) is 0 Å². The highest BCUT2D eigenvalue weighted by Crippen LogP contribution is 2.31. The van der Waals surface area contributed by atoms with Crippen molar-refractivity contribution in [2.45, 2.75) is 59.0 Å². The molecule has 1 N–H and O–H groups in total. The van der Waals surface area contributed by atoms with Crippen LogP contribution in [-0.4, -0.2) is 25.1 Å². The summed E-state index contributed by atoms with van der Waals surface area (Å²) in [7, 11) is 4.23. The highest BCUT2D eigenvalue weighted by Gasteiger charge is 2.24. The van der Waals surface area contributed by atoms with Gasteiger partial charge in [0.25, 0.3) is 0 Å². The van der Waals surface area contributed by atoms with Crippen LogP contribution in [0.25, 0.3) is 0 Å². The Bertz CT molecular complexity index is 448. The molecule has 20 heavy (non-hydrogen) atoms. The lowest BCUT2D eigenvalue weighted by molar-refractivity contribution is 0.339. The Kier molecular flexibility index (Phi) is 5.03. The molecule has 112 valence electrons. The molecule has 0 aliphatic heterocycles. The van der Waals surface area contributed by atoms with Crippen LogP contribution < -0.4 is 10.2 Å². The highest BCUT2D eigenvalue weighted by atomic mass is 15.2. The summed E-state index contributed by atoms with van der Waals surface area (Å²) in [6.45, 7) is 7.55. The van der Waals surface area contributed by atoms with Gasteiger partial charge in [-0.2, -0.15) is 0 Å². The summed E-state index contributed by atoms with van der Waals surface area (Å²) in [5, 5.41) is 3.28. The topological polar surface area (TPSA) is 28.2 Å². The zero-order valence-electron chi connectivity index (χ0n) is 13.7. The van der Waals surface area contributed by atoms with Gasteiger partial charge in [-0.25, -0.2) is 4.98 Å². The first kappa shape index (κ1) is 15.3. The van der Waals surface area contributed by atoms with Crippen molar-refractivity contribution >= 4 is 5.82 Å². The lowest BCUT2D eigenvalue weighted by Crippen LogP contribution is -2.36. The Morgan fingerprint density at radius 1 is 1.25 bits per heavy atom. The average Bonchev–Trinajstić information content (AvgIpc) is 2.41. The number of nitrogens with zero attached hydrogens (tertiary/aromatic N) is 2. The van der Waals surface area contributed by atoms with E-state index >= 15 is 0 Å². The molecule has 0 atom stereocenters. The fourth-order valence-corrected chi connectivity index (χ4v) is 3.33. The van der Waals surface area contributed by atoms with E-state index in [9.17, 15) is 0 Å². The van der Waals surface area contributed by atoms with Gasteiger partial charge >= 0.3 is 0 Å². The molecule has 0 unspecified atom stereocenters. The monoisotopic (exact) mass is 275 g/mol. The Balaban J connectivity index is 2.26. The first-order valence-electron chi connectivity index (χ1n) is 7.87. The summed E-state index contributed by atoms with van der Waals surface area (Å²) in [6.07, 6.45) is 5.29. The van der Waals surface area contributed by atoms with E-state index in [4.69, 9.17) is 4.98 Å². The quantitative estimate of drug-likeness (QED) is 0.912. The summed E-state index contributed by atoms with van der Waals surface area (Å²) >= 11 is 0. The first-order valence-corrected chi connectivity index (χ1v) is 7.87. The van der Waals surface area contributed by atoms with E-state index in [2.05, 4.69) is 44.1 Å². The molecule has 1 aromatic rings. The molecule has 0 spiro atoms. The molecule has 0 radical (unpaired) electrons. The van der Waals surface area contributed by atoms with Crippen molar-refractivity contribution in [3.05, 3.63) is 22.9 Å². The van der Waals surface area contributed by atoms with Crippen LogP contribution in [0.2, 0.25) is 0 Å². The van der Waals surface area contributed by atoms with Crippen molar-refractivity contribution in [1.82, 2.24) is 10.3 Å². The number of nitrogens with one attached hydrogen (secondary N) is 1. The molecule has 3 nitrogen and oxygen atoms in total. The van der Waals surface area contributed by atoms with E-state index in [0.717, 1.165) is 18.2 Å². The van der Waals surface area contributed by atoms with Crippen LogP contribution in [0.5, 0.6) is 0 Å². The lowest BCUT2D eigenvalue weighted by Gasteiger charge is -2.35. The normalized spacial score (nSPS) is 22.9. The predicted octanol–water partition coefficient (Wildman–Crippen LogP) is 3.43. The molecular formula is C17H29N3. The summed E-state index contributed by atoms with van der Waals surface area (Å²) in [5.41, 5.74) is 3.81. The van der Waals surface area contributed by atoms with Gasteiger partial charge in [-0.3, -0.25) is 0 Å². The van der Waals surface area contributed by atoms with Crippen LogP contribution in [-0.2, 0) is 6.54 Å². The molecule has 1 heterocycles. The van der Waals surface area contributed by atoms with Gasteiger partial charge in [0.2, 0.25) is 0 Å². The summed E-state index contributed by atoms with van der Waals surface area (Å²) in [6, 6.07) is 2.84. The molecule has 1 saturated carbocycles. The third kappa shape index (κ3) is 3.32. The van der Waals surface area contributed by atoms with Crippen molar-refractivity contribution in [2.24, 2.45) is 5.92 Å². The van der Waals surface area contributed by atoms with E-state index in [1.165, 1.54) is 42.6 Å². The number of hydrogen-bond acceptors (Lipinski definition) is 3. The number of hydrogen-bond donors (Lipinski definition) is 1. The maximum Gasteiger partial charge on any atom is 0.133 e. The van der Waals surface area contributed by atoms with E-state index in [1.807, 2.05) is 7.05 Å². The first-order chi connectivity index (χ1) is 9.52. The van der Waals surface area contributed by atoms with Gasteiger partial charge in [0.15, 0.2) is 0 Å². The zero-order valence-corrected chi connectivity index (χ0v) is 13.7. The van der Waals surface area contributed by atoms with Gasteiger partial charge in [-0.1, -0.05) is 6.92 Å². The highest BCUT2D eigenvalue weighted by molar-refractivity contribution is 5.52. The van der Waals surface area contributed by atoms with Crippen molar-refractivity contribution < 1.29 is 0 Å². The molecule has 0 amide bonds. The van der Waals surface area contributed by atoms with E-state index in [-0.39, 0.29) is 0 Å². The zero-order chi connectivity index (χ0) is 14.7. The maximum atomic E-state index is 4.83. The molecule has 1 aliphatic rings. The van der Waals surface area contributed by atoms with E-state index in [0.29, 0.717) is 6.04 Å². The minimum Gasteiger partial charge on any atom is -0.356 e. The molecule has 0 saturated heterocycles. The number of rotatable bonds is 4. The molecule has 0 bridgehead atoms. The van der Waals surface area contributed by atoms with E-state index in [1.54, 1.807) is 0 Å². The van der Waals surface area contributed by atoms with Gasteiger partial charge < -0.3 is 10.2 Å². The standard InChI is InChI=1S/C17H29N3/c1-12-6-8-15(9-7-12)20(5)17-16(11-18-4)13(2)10-14(3)19-17/h10,12,15,18H,6-9,11H2,1-5H3. The van der Waals surface area contributed by atoms with Crippen LogP contribution in [0.15, 0.2) is 6.07 Å². The molecule has 1 aromatic heterocycles. The van der Waals surface area contributed by atoms with Crippen molar-refractivity contribution in [3.63, 3.8) is 0 Å². The second-order valence-electron chi connectivity index (χ2n) is 6.44. The predicted molar refractivity (Wildman–Crippen MR) is 86.3 cm³/mol. The SMILES string of the molecule is CNCc1c(C)cc(C)nc1N(C)C1CCC(C)CC1. The van der Waals surface area contributed by atoms with Crippen molar-refractivity contribution in [2.75, 3.05) is 19.0 Å². The third-order valence-electron chi connectivity index (χ3n) is 4.67. The Morgan fingerprint density at radius 3 is 2.50 bits per heavy atom. The third-order valence-corrected chi connectivity index (χ3v) is 4.67. The molecule has 3 heteroatoms. The molecule has 1 aliphatic carbocycles. The number of anilines is 1. The van der Waals surface area contributed by atoms with Crippen LogP contribution >= 0.6 is 0 Å². The molecule has 2 rings (SSSR count). The van der Waals surface area contributed by atoms with Gasteiger partial charge in [0.1, 0.15) is 5.82 Å². The van der Waals surface area contributed by atoms with E-state index < -0.39 is 0 Å². The minimum atomic E-state index is 0.649. The summed E-state index contributed by atoms with van der Waals surface area (Å²) in [4.78, 5) is 7.26. The van der Waals surface area contributed by atoms with Crippen LogP contribution in [0, 0.1) is 19.8 Å². The second kappa shape index (κ2) is 6.57. The summed E-state index contributed by atoms with van der Waals surface area (Å²) < 4.78 is 0.